The Bertz CT molecular complexity index is 219. The van der Waals surface area contributed by atoms with Crippen LogP contribution in [0.3, 0.4) is 0 Å². The van der Waals surface area contributed by atoms with E-state index in [1.165, 1.54) is 25.7 Å². The van der Waals surface area contributed by atoms with E-state index in [4.69, 9.17) is 5.11 Å². The standard InChI is InChI=1S/C10H17NO2/c1-2-10-5-3-8(4-6-10)11(10)7-9(12)13/h8H,2-7H2,1H3,(H,12,13). The monoisotopic (exact) mass is 183 g/mol. The van der Waals surface area contributed by atoms with Gasteiger partial charge in [0.25, 0.3) is 0 Å². The number of hydrogen-bond donors (Lipinski definition) is 1. The molecule has 0 radical (unpaired) electrons. The molecule has 2 heterocycles. The van der Waals surface area contributed by atoms with Crippen molar-refractivity contribution >= 4 is 5.97 Å². The highest BCUT2D eigenvalue weighted by molar-refractivity contribution is 5.69. The van der Waals surface area contributed by atoms with Crippen molar-refractivity contribution in [3.8, 4) is 0 Å². The highest BCUT2D eigenvalue weighted by Gasteiger charge is 2.50. The summed E-state index contributed by atoms with van der Waals surface area (Å²) >= 11 is 0. The first kappa shape index (κ1) is 9.00. The van der Waals surface area contributed by atoms with Gasteiger partial charge in [0.2, 0.25) is 0 Å². The van der Waals surface area contributed by atoms with E-state index in [1.54, 1.807) is 0 Å². The van der Waals surface area contributed by atoms with Crippen LogP contribution < -0.4 is 0 Å². The molecule has 2 bridgehead atoms. The van der Waals surface area contributed by atoms with Crippen molar-refractivity contribution in [3.05, 3.63) is 0 Å². The number of carboxylic acids is 1. The fraction of sp³-hybridized carbons (Fsp3) is 0.900. The Kier molecular flexibility index (Phi) is 2.06. The van der Waals surface area contributed by atoms with Crippen molar-refractivity contribution in [2.24, 2.45) is 0 Å². The highest BCUT2D eigenvalue weighted by Crippen LogP contribution is 2.47. The maximum atomic E-state index is 10.7. The first-order valence-corrected chi connectivity index (χ1v) is 5.16. The van der Waals surface area contributed by atoms with Crippen LogP contribution in [-0.2, 0) is 4.79 Å². The molecule has 0 aromatic heterocycles. The van der Waals surface area contributed by atoms with E-state index in [1.807, 2.05) is 0 Å². The maximum Gasteiger partial charge on any atom is 0.317 e. The topological polar surface area (TPSA) is 40.5 Å². The van der Waals surface area contributed by atoms with Gasteiger partial charge < -0.3 is 5.11 Å². The van der Waals surface area contributed by atoms with E-state index in [-0.39, 0.29) is 12.1 Å². The van der Waals surface area contributed by atoms with Crippen LogP contribution in [-0.4, -0.2) is 34.1 Å². The van der Waals surface area contributed by atoms with Gasteiger partial charge in [0.05, 0.1) is 6.54 Å². The zero-order valence-corrected chi connectivity index (χ0v) is 8.12. The summed E-state index contributed by atoms with van der Waals surface area (Å²) in [4.78, 5) is 12.9. The molecule has 2 rings (SSSR count). The largest absolute Gasteiger partial charge is 0.480 e. The molecule has 0 amide bonds. The fourth-order valence-corrected chi connectivity index (χ4v) is 3.13. The Labute approximate surface area is 78.7 Å². The summed E-state index contributed by atoms with van der Waals surface area (Å²) < 4.78 is 0. The molecule has 74 valence electrons. The van der Waals surface area contributed by atoms with Crippen molar-refractivity contribution in [3.63, 3.8) is 0 Å². The van der Waals surface area contributed by atoms with Crippen molar-refractivity contribution < 1.29 is 9.90 Å². The van der Waals surface area contributed by atoms with Gasteiger partial charge in [0, 0.05) is 11.6 Å². The fourth-order valence-electron chi connectivity index (χ4n) is 3.13. The van der Waals surface area contributed by atoms with E-state index < -0.39 is 5.97 Å². The third-order valence-electron chi connectivity index (χ3n) is 3.90. The predicted octanol–water partition coefficient (Wildman–Crippen LogP) is 1.48. The molecule has 3 heteroatoms. The van der Waals surface area contributed by atoms with Crippen molar-refractivity contribution in [1.82, 2.24) is 4.90 Å². The lowest BCUT2D eigenvalue weighted by molar-refractivity contribution is -0.139. The Morgan fingerprint density at radius 2 is 2.15 bits per heavy atom. The molecule has 0 atom stereocenters. The second-order valence-electron chi connectivity index (χ2n) is 4.33. The van der Waals surface area contributed by atoms with Crippen LogP contribution in [0.25, 0.3) is 0 Å². The molecule has 0 aliphatic carbocycles. The SMILES string of the molecule is CCC12CCC(CC1)N2CC(=O)O. The number of nitrogens with zero attached hydrogens (tertiary/aromatic N) is 1. The van der Waals surface area contributed by atoms with E-state index in [2.05, 4.69) is 11.8 Å². The molecule has 0 saturated carbocycles. The predicted molar refractivity (Wildman–Crippen MR) is 49.6 cm³/mol. The van der Waals surface area contributed by atoms with E-state index in [0.29, 0.717) is 6.04 Å². The van der Waals surface area contributed by atoms with Crippen LogP contribution in [0.15, 0.2) is 0 Å². The molecule has 0 aromatic carbocycles. The molecule has 0 unspecified atom stereocenters. The molecule has 0 spiro atoms. The van der Waals surface area contributed by atoms with Gasteiger partial charge in [-0.25, -0.2) is 0 Å². The van der Waals surface area contributed by atoms with Gasteiger partial charge in [-0.3, -0.25) is 9.69 Å². The number of rotatable bonds is 3. The smallest absolute Gasteiger partial charge is 0.317 e. The summed E-state index contributed by atoms with van der Waals surface area (Å²) in [7, 11) is 0. The molecule has 3 nitrogen and oxygen atoms in total. The summed E-state index contributed by atoms with van der Waals surface area (Å²) in [6, 6.07) is 0.566. The summed E-state index contributed by atoms with van der Waals surface area (Å²) in [5.41, 5.74) is 0.253. The molecule has 2 fully saturated rings. The molecular formula is C10H17NO2. The van der Waals surface area contributed by atoms with Crippen LogP contribution in [0.5, 0.6) is 0 Å². The average molecular weight is 183 g/mol. The van der Waals surface area contributed by atoms with Crippen molar-refractivity contribution in [1.29, 1.82) is 0 Å². The van der Waals surface area contributed by atoms with Crippen LogP contribution in [0, 0.1) is 0 Å². The third-order valence-corrected chi connectivity index (χ3v) is 3.90. The lowest BCUT2D eigenvalue weighted by Gasteiger charge is -2.32. The number of aliphatic carboxylic acids is 1. The molecule has 2 saturated heterocycles. The third kappa shape index (κ3) is 1.26. The number of carbonyl (C=O) groups is 1. The molecular weight excluding hydrogens is 166 g/mol. The van der Waals surface area contributed by atoms with Crippen LogP contribution >= 0.6 is 0 Å². The van der Waals surface area contributed by atoms with Gasteiger partial charge in [-0.1, -0.05) is 6.92 Å². The lowest BCUT2D eigenvalue weighted by Crippen LogP contribution is -2.43. The van der Waals surface area contributed by atoms with Gasteiger partial charge in [-0.05, 0) is 32.1 Å². The molecule has 2 aliphatic rings. The zero-order chi connectivity index (χ0) is 9.47. The summed E-state index contributed by atoms with van der Waals surface area (Å²) in [5, 5.41) is 8.81. The van der Waals surface area contributed by atoms with E-state index >= 15 is 0 Å². The quantitative estimate of drug-likeness (QED) is 0.720. The first-order chi connectivity index (χ1) is 6.18. The Morgan fingerprint density at radius 1 is 1.54 bits per heavy atom. The minimum atomic E-state index is -0.674. The van der Waals surface area contributed by atoms with Gasteiger partial charge >= 0.3 is 5.97 Å². The van der Waals surface area contributed by atoms with Gasteiger partial charge in [0.1, 0.15) is 0 Å². The Hall–Kier alpha value is -0.570. The maximum absolute atomic E-state index is 10.7. The summed E-state index contributed by atoms with van der Waals surface area (Å²) in [6.07, 6.45) is 5.95. The van der Waals surface area contributed by atoms with E-state index in [0.717, 1.165) is 6.42 Å². The molecule has 2 aliphatic heterocycles. The summed E-state index contributed by atoms with van der Waals surface area (Å²) in [5.74, 6) is -0.674. The van der Waals surface area contributed by atoms with Crippen LogP contribution in [0.4, 0.5) is 0 Å². The highest BCUT2D eigenvalue weighted by atomic mass is 16.4. The molecule has 1 N–H and O–H groups in total. The number of carboxylic acid groups (broad SMARTS) is 1. The van der Waals surface area contributed by atoms with Gasteiger partial charge in [0.15, 0.2) is 0 Å². The molecule has 0 aromatic rings. The molecule has 13 heavy (non-hydrogen) atoms. The Balaban J connectivity index is 2.13. The lowest BCUT2D eigenvalue weighted by atomic mass is 9.86. The summed E-state index contributed by atoms with van der Waals surface area (Å²) in [6.45, 7) is 2.43. The second kappa shape index (κ2) is 2.98. The zero-order valence-electron chi connectivity index (χ0n) is 8.12. The van der Waals surface area contributed by atoms with Crippen molar-refractivity contribution in [2.75, 3.05) is 6.54 Å². The second-order valence-corrected chi connectivity index (χ2v) is 4.33. The Morgan fingerprint density at radius 3 is 2.62 bits per heavy atom. The number of fused-ring (bicyclic) bond motifs is 2. The first-order valence-electron chi connectivity index (χ1n) is 5.16. The van der Waals surface area contributed by atoms with Crippen molar-refractivity contribution in [2.45, 2.75) is 50.6 Å². The normalized spacial score (nSPS) is 38.4. The van der Waals surface area contributed by atoms with Gasteiger partial charge in [-0.2, -0.15) is 0 Å². The number of hydrogen-bond acceptors (Lipinski definition) is 2. The average Bonchev–Trinajstić information content (AvgIpc) is 2.61. The van der Waals surface area contributed by atoms with E-state index in [9.17, 15) is 4.79 Å². The van der Waals surface area contributed by atoms with Gasteiger partial charge in [-0.15, -0.1) is 0 Å². The minimum Gasteiger partial charge on any atom is -0.480 e. The van der Waals surface area contributed by atoms with Crippen LogP contribution in [0.1, 0.15) is 39.0 Å². The minimum absolute atomic E-state index is 0.249. The van der Waals surface area contributed by atoms with Crippen LogP contribution in [0.2, 0.25) is 0 Å².